The van der Waals surface area contributed by atoms with Gasteiger partial charge in [0.05, 0.1) is 0 Å². The van der Waals surface area contributed by atoms with Crippen LogP contribution < -0.4 is 5.73 Å². The summed E-state index contributed by atoms with van der Waals surface area (Å²) < 4.78 is 0. The van der Waals surface area contributed by atoms with Crippen LogP contribution in [0.25, 0.3) is 0 Å². The van der Waals surface area contributed by atoms with E-state index in [-0.39, 0.29) is 0 Å². The van der Waals surface area contributed by atoms with E-state index in [9.17, 15) is 0 Å². The molecule has 0 radical (unpaired) electrons. The Morgan fingerprint density at radius 3 is 2.67 bits per heavy atom. The second kappa shape index (κ2) is 5.09. The van der Waals surface area contributed by atoms with Crippen LogP contribution in [0.3, 0.4) is 0 Å². The molecular formula is C7H12N2. The standard InChI is InChI=1S/C7H12N2/c1-3-6-9-7(2)4-5-8/h3-6H,8H2,1-2H3/b5-4-,6-3-,9-7-. The maximum Gasteiger partial charge on any atom is 0.0386 e. The fourth-order valence-electron chi connectivity index (χ4n) is 0.374. The molecule has 0 unspecified atom stereocenters. The lowest BCUT2D eigenvalue weighted by Crippen LogP contribution is -1.85. The first-order chi connectivity index (χ1) is 4.31. The number of hydrogen-bond acceptors (Lipinski definition) is 2. The van der Waals surface area contributed by atoms with Crippen LogP contribution in [-0.4, -0.2) is 5.71 Å². The number of rotatable bonds is 2. The molecule has 2 heteroatoms. The molecule has 0 heterocycles. The van der Waals surface area contributed by atoms with Crippen molar-refractivity contribution in [3.63, 3.8) is 0 Å². The van der Waals surface area contributed by atoms with E-state index in [0.29, 0.717) is 0 Å². The first-order valence-electron chi connectivity index (χ1n) is 2.85. The third-order valence-corrected chi connectivity index (χ3v) is 0.765. The van der Waals surface area contributed by atoms with E-state index in [2.05, 4.69) is 4.99 Å². The third-order valence-electron chi connectivity index (χ3n) is 0.765. The lowest BCUT2D eigenvalue weighted by Gasteiger charge is -1.83. The van der Waals surface area contributed by atoms with Crippen LogP contribution in [0.1, 0.15) is 13.8 Å². The second-order valence-corrected chi connectivity index (χ2v) is 1.61. The van der Waals surface area contributed by atoms with E-state index < -0.39 is 0 Å². The van der Waals surface area contributed by atoms with Gasteiger partial charge in [-0.1, -0.05) is 6.08 Å². The molecule has 2 N–H and O–H groups in total. The zero-order valence-corrected chi connectivity index (χ0v) is 5.83. The minimum atomic E-state index is 0.913. The molecule has 9 heavy (non-hydrogen) atoms. The summed E-state index contributed by atoms with van der Waals surface area (Å²) in [6.45, 7) is 3.81. The average molecular weight is 124 g/mol. The highest BCUT2D eigenvalue weighted by Crippen LogP contribution is 1.80. The minimum absolute atomic E-state index is 0.913. The zero-order chi connectivity index (χ0) is 7.11. The molecule has 0 aliphatic heterocycles. The van der Waals surface area contributed by atoms with E-state index in [1.807, 2.05) is 19.9 Å². The molecule has 0 aliphatic carbocycles. The molecular weight excluding hydrogens is 112 g/mol. The Balaban J connectivity index is 3.84. The lowest BCUT2D eigenvalue weighted by atomic mass is 10.4. The molecule has 0 amide bonds. The van der Waals surface area contributed by atoms with E-state index in [4.69, 9.17) is 5.73 Å². The third kappa shape index (κ3) is 4.81. The van der Waals surface area contributed by atoms with Gasteiger partial charge >= 0.3 is 0 Å². The zero-order valence-electron chi connectivity index (χ0n) is 5.83. The van der Waals surface area contributed by atoms with Crippen molar-refractivity contribution in [2.24, 2.45) is 10.7 Å². The van der Waals surface area contributed by atoms with Gasteiger partial charge in [0.2, 0.25) is 0 Å². The predicted octanol–water partition coefficient (Wildman–Crippen LogP) is 1.45. The normalized spacial score (nSPS) is 13.8. The SMILES string of the molecule is C\C=C/N=C(C)\C=C/N. The summed E-state index contributed by atoms with van der Waals surface area (Å²) in [5, 5.41) is 0. The smallest absolute Gasteiger partial charge is 0.0386 e. The molecule has 2 nitrogen and oxygen atoms in total. The van der Waals surface area contributed by atoms with E-state index in [1.54, 1.807) is 12.3 Å². The summed E-state index contributed by atoms with van der Waals surface area (Å²) >= 11 is 0. The van der Waals surface area contributed by atoms with Crippen molar-refractivity contribution in [3.05, 3.63) is 24.6 Å². The summed E-state index contributed by atoms with van der Waals surface area (Å²) in [4.78, 5) is 4.00. The van der Waals surface area contributed by atoms with Crippen LogP contribution in [0.15, 0.2) is 29.5 Å². The molecule has 50 valence electrons. The number of hydrogen-bond donors (Lipinski definition) is 1. The van der Waals surface area contributed by atoms with E-state index >= 15 is 0 Å². The summed E-state index contributed by atoms with van der Waals surface area (Å²) in [7, 11) is 0. The molecule has 0 aromatic heterocycles. The van der Waals surface area contributed by atoms with Gasteiger partial charge in [0.25, 0.3) is 0 Å². The van der Waals surface area contributed by atoms with Crippen molar-refractivity contribution < 1.29 is 0 Å². The Kier molecular flexibility index (Phi) is 4.50. The highest BCUT2D eigenvalue weighted by atomic mass is 14.7. The molecule has 0 atom stereocenters. The van der Waals surface area contributed by atoms with Crippen LogP contribution >= 0.6 is 0 Å². The maximum atomic E-state index is 5.12. The minimum Gasteiger partial charge on any atom is -0.405 e. The molecule has 0 aromatic rings. The van der Waals surface area contributed by atoms with E-state index in [0.717, 1.165) is 5.71 Å². The average Bonchev–Trinajstić information content (AvgIpc) is 1.85. The van der Waals surface area contributed by atoms with Gasteiger partial charge in [0.15, 0.2) is 0 Å². The molecule has 0 aliphatic rings. The fourth-order valence-corrected chi connectivity index (χ4v) is 0.374. The van der Waals surface area contributed by atoms with Crippen molar-refractivity contribution in [2.75, 3.05) is 0 Å². The first-order valence-corrected chi connectivity index (χ1v) is 2.85. The Labute approximate surface area is 55.8 Å². The number of allylic oxidation sites excluding steroid dienone is 2. The lowest BCUT2D eigenvalue weighted by molar-refractivity contribution is 1.49. The molecule has 0 saturated carbocycles. The summed E-state index contributed by atoms with van der Waals surface area (Å²) in [5.74, 6) is 0. The molecule has 0 aromatic carbocycles. The van der Waals surface area contributed by atoms with Gasteiger partial charge in [-0.05, 0) is 26.1 Å². The van der Waals surface area contributed by atoms with Gasteiger partial charge in [0, 0.05) is 11.9 Å². The van der Waals surface area contributed by atoms with Crippen molar-refractivity contribution in [2.45, 2.75) is 13.8 Å². The topological polar surface area (TPSA) is 38.4 Å². The van der Waals surface area contributed by atoms with Crippen LogP contribution in [0.4, 0.5) is 0 Å². The molecule has 0 spiro atoms. The Morgan fingerprint density at radius 2 is 2.22 bits per heavy atom. The summed E-state index contributed by atoms with van der Waals surface area (Å²) in [6, 6.07) is 0. The van der Waals surface area contributed by atoms with Crippen LogP contribution in [-0.2, 0) is 0 Å². The van der Waals surface area contributed by atoms with Gasteiger partial charge in [-0.2, -0.15) is 0 Å². The Morgan fingerprint density at radius 1 is 1.56 bits per heavy atom. The quantitative estimate of drug-likeness (QED) is 0.556. The van der Waals surface area contributed by atoms with E-state index in [1.165, 1.54) is 6.20 Å². The van der Waals surface area contributed by atoms with Crippen LogP contribution in [0, 0.1) is 0 Å². The van der Waals surface area contributed by atoms with Gasteiger partial charge in [-0.15, -0.1) is 0 Å². The number of nitrogens with two attached hydrogens (primary N) is 1. The fraction of sp³-hybridized carbons (Fsp3) is 0.286. The van der Waals surface area contributed by atoms with Gasteiger partial charge in [0.1, 0.15) is 0 Å². The van der Waals surface area contributed by atoms with Crippen molar-refractivity contribution >= 4 is 5.71 Å². The van der Waals surface area contributed by atoms with Crippen LogP contribution in [0.5, 0.6) is 0 Å². The van der Waals surface area contributed by atoms with Gasteiger partial charge in [-0.3, -0.25) is 4.99 Å². The molecule has 0 rings (SSSR count). The molecule has 0 fully saturated rings. The predicted molar refractivity (Wildman–Crippen MR) is 41.3 cm³/mol. The number of aliphatic imine (C=N–C) groups is 1. The Bertz CT molecular complexity index is 143. The maximum absolute atomic E-state index is 5.12. The highest BCUT2D eigenvalue weighted by Gasteiger charge is 1.74. The van der Waals surface area contributed by atoms with Crippen LogP contribution in [0.2, 0.25) is 0 Å². The summed E-state index contributed by atoms with van der Waals surface area (Å²) in [5.41, 5.74) is 6.03. The van der Waals surface area contributed by atoms with Gasteiger partial charge in [-0.25, -0.2) is 0 Å². The summed E-state index contributed by atoms with van der Waals surface area (Å²) in [6.07, 6.45) is 6.82. The van der Waals surface area contributed by atoms with Gasteiger partial charge < -0.3 is 5.73 Å². The number of nitrogens with zero attached hydrogens (tertiary/aromatic N) is 1. The first kappa shape index (κ1) is 7.95. The largest absolute Gasteiger partial charge is 0.405 e. The van der Waals surface area contributed by atoms with Crippen molar-refractivity contribution in [1.82, 2.24) is 0 Å². The monoisotopic (exact) mass is 124 g/mol. The molecule has 0 bridgehead atoms. The Hall–Kier alpha value is -1.05. The highest BCUT2D eigenvalue weighted by molar-refractivity contribution is 5.92. The van der Waals surface area contributed by atoms with Crippen molar-refractivity contribution in [1.29, 1.82) is 0 Å². The molecule has 0 saturated heterocycles. The van der Waals surface area contributed by atoms with Crippen molar-refractivity contribution in [3.8, 4) is 0 Å². The second-order valence-electron chi connectivity index (χ2n) is 1.61.